The normalized spacial score (nSPS) is 13.9. The Morgan fingerprint density at radius 3 is 2.55 bits per heavy atom. The zero-order valence-electron chi connectivity index (χ0n) is 11.8. The molecular formula is C16H15F3O2S. The highest BCUT2D eigenvalue weighted by molar-refractivity contribution is 7.84. The van der Waals surface area contributed by atoms with Gasteiger partial charge in [0.2, 0.25) is 0 Å². The molecule has 6 heteroatoms. The molecule has 0 N–H and O–H groups in total. The zero-order chi connectivity index (χ0) is 16.1. The summed E-state index contributed by atoms with van der Waals surface area (Å²) in [5.41, 5.74) is 0.973. The molecule has 0 aliphatic carbocycles. The fraction of sp³-hybridized carbons (Fsp3) is 0.250. The van der Waals surface area contributed by atoms with Crippen molar-refractivity contribution < 1.29 is 22.1 Å². The number of rotatable bonds is 6. The smallest absolute Gasteiger partial charge is 0.387 e. The maximum atomic E-state index is 13.7. The van der Waals surface area contributed by atoms with Gasteiger partial charge in [-0.3, -0.25) is 4.21 Å². The Kier molecular flexibility index (Phi) is 5.60. The van der Waals surface area contributed by atoms with Crippen LogP contribution in [0.1, 0.15) is 23.3 Å². The van der Waals surface area contributed by atoms with Crippen LogP contribution >= 0.6 is 0 Å². The lowest BCUT2D eigenvalue weighted by atomic mass is 10.1. The molecule has 0 radical (unpaired) electrons. The summed E-state index contributed by atoms with van der Waals surface area (Å²) in [6, 6.07) is 12.2. The third-order valence-electron chi connectivity index (χ3n) is 3.17. The molecule has 2 atom stereocenters. The Morgan fingerprint density at radius 1 is 1.14 bits per heavy atom. The SMILES string of the molecule is C[C@@H](c1ccccc1F)[S@@](=O)Cc1cccc(OC(F)F)c1. The number of alkyl halides is 2. The lowest BCUT2D eigenvalue weighted by Gasteiger charge is -2.13. The van der Waals surface area contributed by atoms with Gasteiger partial charge in [0.1, 0.15) is 11.6 Å². The second-order valence-corrected chi connectivity index (χ2v) is 6.47. The maximum absolute atomic E-state index is 13.7. The van der Waals surface area contributed by atoms with Gasteiger partial charge in [0.05, 0.1) is 5.25 Å². The summed E-state index contributed by atoms with van der Waals surface area (Å²) in [4.78, 5) is 0. The Hall–Kier alpha value is -1.82. The fourth-order valence-corrected chi connectivity index (χ4v) is 3.28. The van der Waals surface area contributed by atoms with E-state index in [1.807, 2.05) is 0 Å². The van der Waals surface area contributed by atoms with Gasteiger partial charge in [-0.2, -0.15) is 8.78 Å². The second kappa shape index (κ2) is 7.45. The highest BCUT2D eigenvalue weighted by Crippen LogP contribution is 2.25. The van der Waals surface area contributed by atoms with Gasteiger partial charge in [0, 0.05) is 22.1 Å². The van der Waals surface area contributed by atoms with Crippen LogP contribution in [0, 0.1) is 5.82 Å². The fourth-order valence-electron chi connectivity index (χ4n) is 2.05. The van der Waals surface area contributed by atoms with Crippen molar-refractivity contribution in [3.8, 4) is 5.75 Å². The highest BCUT2D eigenvalue weighted by Gasteiger charge is 2.17. The summed E-state index contributed by atoms with van der Waals surface area (Å²) in [6.45, 7) is -1.23. The summed E-state index contributed by atoms with van der Waals surface area (Å²) in [7, 11) is -1.38. The molecular weight excluding hydrogens is 313 g/mol. The Balaban J connectivity index is 2.10. The second-order valence-electron chi connectivity index (χ2n) is 4.71. The van der Waals surface area contributed by atoms with Crippen molar-refractivity contribution >= 4 is 10.8 Å². The van der Waals surface area contributed by atoms with Crippen LogP contribution in [0.15, 0.2) is 48.5 Å². The molecule has 2 aromatic rings. The molecule has 0 saturated heterocycles. The molecule has 2 rings (SSSR count). The van der Waals surface area contributed by atoms with E-state index in [1.54, 1.807) is 37.3 Å². The predicted octanol–water partition coefficient (Wildman–Crippen LogP) is 4.44. The van der Waals surface area contributed by atoms with E-state index >= 15 is 0 Å². The van der Waals surface area contributed by atoms with Gasteiger partial charge in [-0.05, 0) is 30.7 Å². The molecule has 0 heterocycles. The first-order valence-corrected chi connectivity index (χ1v) is 8.01. The van der Waals surface area contributed by atoms with Crippen LogP contribution in [0.5, 0.6) is 5.75 Å². The van der Waals surface area contributed by atoms with E-state index in [9.17, 15) is 17.4 Å². The first-order valence-electron chi connectivity index (χ1n) is 6.62. The molecule has 0 aromatic heterocycles. The van der Waals surface area contributed by atoms with E-state index < -0.39 is 28.5 Å². The number of halogens is 3. The molecule has 0 spiro atoms. The monoisotopic (exact) mass is 328 g/mol. The van der Waals surface area contributed by atoms with Crippen LogP contribution in [0.4, 0.5) is 13.2 Å². The molecule has 0 aliphatic heterocycles. The third-order valence-corrected chi connectivity index (χ3v) is 4.83. The molecule has 0 aliphatic rings. The molecule has 0 amide bonds. The minimum atomic E-state index is -2.90. The summed E-state index contributed by atoms with van der Waals surface area (Å²) < 4.78 is 54.7. The molecule has 0 saturated carbocycles. The Labute approximate surface area is 129 Å². The summed E-state index contributed by atoms with van der Waals surface area (Å²) in [5.74, 6) is -0.253. The largest absolute Gasteiger partial charge is 0.435 e. The van der Waals surface area contributed by atoms with Gasteiger partial charge in [-0.1, -0.05) is 30.3 Å². The predicted molar refractivity (Wildman–Crippen MR) is 79.7 cm³/mol. The van der Waals surface area contributed by atoms with E-state index in [0.29, 0.717) is 11.1 Å². The third kappa shape index (κ3) is 4.34. The number of hydrogen-bond donors (Lipinski definition) is 0. The summed E-state index contributed by atoms with van der Waals surface area (Å²) >= 11 is 0. The summed E-state index contributed by atoms with van der Waals surface area (Å²) in [5, 5.41) is -0.499. The van der Waals surface area contributed by atoms with E-state index in [0.717, 1.165) is 0 Å². The van der Waals surface area contributed by atoms with Crippen LogP contribution in [0.25, 0.3) is 0 Å². The van der Waals surface area contributed by atoms with E-state index in [4.69, 9.17) is 0 Å². The van der Waals surface area contributed by atoms with Crippen LogP contribution in [0.2, 0.25) is 0 Å². The van der Waals surface area contributed by atoms with Gasteiger partial charge in [-0.25, -0.2) is 4.39 Å². The molecule has 22 heavy (non-hydrogen) atoms. The van der Waals surface area contributed by atoms with Crippen molar-refractivity contribution in [2.45, 2.75) is 24.5 Å². The number of benzene rings is 2. The van der Waals surface area contributed by atoms with Crippen LogP contribution < -0.4 is 4.74 Å². The molecule has 0 unspecified atom stereocenters. The topological polar surface area (TPSA) is 26.3 Å². The van der Waals surface area contributed by atoms with Gasteiger partial charge in [0.25, 0.3) is 0 Å². The minimum absolute atomic E-state index is 0.0167. The van der Waals surface area contributed by atoms with E-state index in [2.05, 4.69) is 4.74 Å². The number of ether oxygens (including phenoxy) is 1. The molecule has 2 nitrogen and oxygen atoms in total. The average Bonchev–Trinajstić information content (AvgIpc) is 2.46. The van der Waals surface area contributed by atoms with Crippen molar-refractivity contribution in [1.29, 1.82) is 0 Å². The van der Waals surface area contributed by atoms with Crippen molar-refractivity contribution in [3.63, 3.8) is 0 Å². The van der Waals surface area contributed by atoms with Crippen molar-refractivity contribution in [2.75, 3.05) is 0 Å². The van der Waals surface area contributed by atoms with Crippen molar-refractivity contribution in [3.05, 3.63) is 65.5 Å². The quantitative estimate of drug-likeness (QED) is 0.784. The Morgan fingerprint density at radius 2 is 1.86 bits per heavy atom. The van der Waals surface area contributed by atoms with Crippen LogP contribution in [-0.2, 0) is 16.6 Å². The van der Waals surface area contributed by atoms with E-state index in [-0.39, 0.29) is 11.5 Å². The zero-order valence-corrected chi connectivity index (χ0v) is 12.7. The molecule has 0 bridgehead atoms. The number of hydrogen-bond acceptors (Lipinski definition) is 2. The first kappa shape index (κ1) is 16.5. The lowest BCUT2D eigenvalue weighted by Crippen LogP contribution is -2.08. The highest BCUT2D eigenvalue weighted by atomic mass is 32.2. The standard InChI is InChI=1S/C16H15F3O2S/c1-11(14-7-2-3-8-15(14)17)22(20)10-12-5-4-6-13(9-12)21-16(18)19/h2-9,11,16H,10H2,1H3/t11-,22-/m0/s1. The van der Waals surface area contributed by atoms with Crippen LogP contribution in [0.3, 0.4) is 0 Å². The lowest BCUT2D eigenvalue weighted by molar-refractivity contribution is -0.0498. The van der Waals surface area contributed by atoms with Crippen molar-refractivity contribution in [2.24, 2.45) is 0 Å². The maximum Gasteiger partial charge on any atom is 0.387 e. The van der Waals surface area contributed by atoms with E-state index in [1.165, 1.54) is 18.2 Å². The Bertz CT molecular complexity index is 661. The molecule has 0 fully saturated rings. The van der Waals surface area contributed by atoms with Gasteiger partial charge >= 0.3 is 6.61 Å². The average molecular weight is 328 g/mol. The minimum Gasteiger partial charge on any atom is -0.435 e. The molecule has 2 aromatic carbocycles. The van der Waals surface area contributed by atoms with Gasteiger partial charge in [0.15, 0.2) is 0 Å². The summed E-state index contributed by atoms with van der Waals surface area (Å²) in [6.07, 6.45) is 0. The molecule has 118 valence electrons. The van der Waals surface area contributed by atoms with Crippen LogP contribution in [-0.4, -0.2) is 10.8 Å². The first-order chi connectivity index (χ1) is 10.5. The van der Waals surface area contributed by atoms with Gasteiger partial charge in [-0.15, -0.1) is 0 Å². The van der Waals surface area contributed by atoms with Crippen molar-refractivity contribution in [1.82, 2.24) is 0 Å². The van der Waals surface area contributed by atoms with Gasteiger partial charge < -0.3 is 4.74 Å².